The molecular formula is C17H19N3O. The molecule has 1 heterocycles. The van der Waals surface area contributed by atoms with E-state index in [9.17, 15) is 0 Å². The van der Waals surface area contributed by atoms with Gasteiger partial charge in [-0.1, -0.05) is 48.5 Å². The summed E-state index contributed by atoms with van der Waals surface area (Å²) >= 11 is 0. The van der Waals surface area contributed by atoms with E-state index in [1.165, 1.54) is 0 Å². The second kappa shape index (κ2) is 6.41. The summed E-state index contributed by atoms with van der Waals surface area (Å²) < 4.78 is 5.33. The number of nitrogens with zero attached hydrogens (tertiary/aromatic N) is 1. The van der Waals surface area contributed by atoms with Crippen LogP contribution in [0.5, 0.6) is 0 Å². The van der Waals surface area contributed by atoms with Crippen LogP contribution < -0.4 is 5.32 Å². The van der Waals surface area contributed by atoms with E-state index in [4.69, 9.17) is 10.1 Å². The number of ether oxygens (including phenoxy) is 1. The van der Waals surface area contributed by atoms with E-state index in [-0.39, 0.29) is 0 Å². The summed E-state index contributed by atoms with van der Waals surface area (Å²) in [6.45, 7) is 2.90. The minimum absolute atomic E-state index is 0.432. The lowest BCUT2D eigenvalue weighted by Gasteiger charge is -2.29. The van der Waals surface area contributed by atoms with Crippen LogP contribution in [0.1, 0.15) is 0 Å². The third-order valence-electron chi connectivity index (χ3n) is 3.59. The van der Waals surface area contributed by atoms with E-state index in [0.717, 1.165) is 29.9 Å². The zero-order valence-corrected chi connectivity index (χ0v) is 11.9. The Morgan fingerprint density at radius 3 is 2.38 bits per heavy atom. The smallest absolute Gasteiger partial charge is 0.195 e. The fourth-order valence-electron chi connectivity index (χ4n) is 2.46. The lowest BCUT2D eigenvalue weighted by atomic mass is 10.0. The molecule has 3 rings (SSSR count). The Bertz CT molecular complexity index is 606. The molecule has 21 heavy (non-hydrogen) atoms. The number of rotatable bonds is 2. The number of nitrogens with one attached hydrogen (secondary N) is 2. The molecule has 1 fully saturated rings. The maximum Gasteiger partial charge on any atom is 0.195 e. The Kier molecular flexibility index (Phi) is 4.17. The Hall–Kier alpha value is -2.33. The summed E-state index contributed by atoms with van der Waals surface area (Å²) in [5.74, 6) is 0.432. The molecule has 4 nitrogen and oxygen atoms in total. The average molecular weight is 281 g/mol. The third kappa shape index (κ3) is 3.23. The van der Waals surface area contributed by atoms with Crippen molar-refractivity contribution in [3.8, 4) is 11.1 Å². The summed E-state index contributed by atoms with van der Waals surface area (Å²) in [6, 6.07) is 18.3. The molecule has 0 unspecified atom stereocenters. The number of guanidine groups is 1. The molecule has 2 aromatic rings. The summed E-state index contributed by atoms with van der Waals surface area (Å²) in [4.78, 5) is 2.01. The monoisotopic (exact) mass is 281 g/mol. The van der Waals surface area contributed by atoms with E-state index >= 15 is 0 Å². The third-order valence-corrected chi connectivity index (χ3v) is 3.59. The van der Waals surface area contributed by atoms with E-state index in [1.807, 2.05) is 41.3 Å². The van der Waals surface area contributed by atoms with Crippen molar-refractivity contribution in [2.75, 3.05) is 31.6 Å². The van der Waals surface area contributed by atoms with Gasteiger partial charge in [-0.15, -0.1) is 0 Å². The highest BCUT2D eigenvalue weighted by molar-refractivity contribution is 5.95. The van der Waals surface area contributed by atoms with Crippen molar-refractivity contribution in [2.24, 2.45) is 0 Å². The van der Waals surface area contributed by atoms with Crippen LogP contribution in [0.2, 0.25) is 0 Å². The van der Waals surface area contributed by atoms with Crippen LogP contribution in [0.15, 0.2) is 54.6 Å². The van der Waals surface area contributed by atoms with Gasteiger partial charge in [-0.2, -0.15) is 0 Å². The van der Waals surface area contributed by atoms with Crippen LogP contribution in [-0.2, 0) is 4.74 Å². The molecule has 0 bridgehead atoms. The zero-order valence-electron chi connectivity index (χ0n) is 11.9. The fourth-order valence-corrected chi connectivity index (χ4v) is 2.46. The number of hydrogen-bond donors (Lipinski definition) is 2. The van der Waals surface area contributed by atoms with E-state index in [2.05, 4.69) is 23.5 Å². The molecule has 0 saturated carbocycles. The highest BCUT2D eigenvalue weighted by atomic mass is 16.5. The maximum atomic E-state index is 8.24. The van der Waals surface area contributed by atoms with Crippen molar-refractivity contribution in [1.29, 1.82) is 5.41 Å². The van der Waals surface area contributed by atoms with Gasteiger partial charge in [-0.25, -0.2) is 0 Å². The fraction of sp³-hybridized carbons (Fsp3) is 0.235. The minimum atomic E-state index is 0.432. The predicted octanol–water partition coefficient (Wildman–Crippen LogP) is 3.03. The predicted molar refractivity (Wildman–Crippen MR) is 85.6 cm³/mol. The zero-order chi connectivity index (χ0) is 14.5. The van der Waals surface area contributed by atoms with Crippen LogP contribution in [0.3, 0.4) is 0 Å². The lowest BCUT2D eigenvalue weighted by molar-refractivity contribution is 0.0677. The van der Waals surface area contributed by atoms with Crippen molar-refractivity contribution >= 4 is 11.6 Å². The molecule has 0 spiro atoms. The summed E-state index contributed by atoms with van der Waals surface area (Å²) in [5, 5.41) is 11.5. The van der Waals surface area contributed by atoms with Crippen molar-refractivity contribution in [2.45, 2.75) is 0 Å². The van der Waals surface area contributed by atoms with Gasteiger partial charge in [0.15, 0.2) is 5.96 Å². The van der Waals surface area contributed by atoms with Crippen molar-refractivity contribution in [3.63, 3.8) is 0 Å². The van der Waals surface area contributed by atoms with Gasteiger partial charge in [0.25, 0.3) is 0 Å². The Morgan fingerprint density at radius 2 is 1.62 bits per heavy atom. The van der Waals surface area contributed by atoms with Crippen molar-refractivity contribution < 1.29 is 4.74 Å². The summed E-state index contributed by atoms with van der Waals surface area (Å²) in [5.41, 5.74) is 3.21. The largest absolute Gasteiger partial charge is 0.378 e. The molecule has 0 aliphatic carbocycles. The van der Waals surface area contributed by atoms with Gasteiger partial charge in [0.2, 0.25) is 0 Å². The van der Waals surface area contributed by atoms with Gasteiger partial charge in [0.1, 0.15) is 0 Å². The molecule has 0 atom stereocenters. The van der Waals surface area contributed by atoms with E-state index in [1.54, 1.807) is 0 Å². The lowest BCUT2D eigenvalue weighted by Crippen LogP contribution is -2.43. The van der Waals surface area contributed by atoms with E-state index < -0.39 is 0 Å². The van der Waals surface area contributed by atoms with Crippen LogP contribution in [0, 0.1) is 5.41 Å². The molecule has 1 aliphatic heterocycles. The molecule has 0 radical (unpaired) electrons. The van der Waals surface area contributed by atoms with E-state index in [0.29, 0.717) is 19.2 Å². The van der Waals surface area contributed by atoms with Crippen LogP contribution >= 0.6 is 0 Å². The molecular weight excluding hydrogens is 262 g/mol. The SMILES string of the molecule is N=C(Nc1ccccc1-c1ccccc1)N1CCOCC1. The second-order valence-corrected chi connectivity index (χ2v) is 4.98. The first-order valence-corrected chi connectivity index (χ1v) is 7.17. The van der Waals surface area contributed by atoms with Gasteiger partial charge in [-0.3, -0.25) is 5.41 Å². The minimum Gasteiger partial charge on any atom is -0.378 e. The molecule has 2 aromatic carbocycles. The number of para-hydroxylation sites is 1. The average Bonchev–Trinajstić information content (AvgIpc) is 2.57. The molecule has 1 aliphatic rings. The summed E-state index contributed by atoms with van der Waals surface area (Å²) in [6.07, 6.45) is 0. The van der Waals surface area contributed by atoms with Gasteiger partial charge < -0.3 is 15.0 Å². The number of anilines is 1. The highest BCUT2D eigenvalue weighted by Gasteiger charge is 2.15. The van der Waals surface area contributed by atoms with Gasteiger partial charge >= 0.3 is 0 Å². The Morgan fingerprint density at radius 1 is 0.952 bits per heavy atom. The maximum absolute atomic E-state index is 8.24. The molecule has 108 valence electrons. The molecule has 4 heteroatoms. The first-order valence-electron chi connectivity index (χ1n) is 7.17. The normalized spacial score (nSPS) is 14.8. The Balaban J connectivity index is 1.81. The number of benzene rings is 2. The topological polar surface area (TPSA) is 48.4 Å². The second-order valence-electron chi connectivity index (χ2n) is 4.98. The molecule has 0 amide bonds. The first kappa shape index (κ1) is 13.6. The van der Waals surface area contributed by atoms with Crippen molar-refractivity contribution in [1.82, 2.24) is 4.90 Å². The molecule has 1 saturated heterocycles. The molecule has 2 N–H and O–H groups in total. The van der Waals surface area contributed by atoms with Crippen molar-refractivity contribution in [3.05, 3.63) is 54.6 Å². The first-order chi connectivity index (χ1) is 10.3. The standard InChI is InChI=1S/C17H19N3O/c18-17(20-10-12-21-13-11-20)19-16-9-5-4-8-15(16)14-6-2-1-3-7-14/h1-9H,10-13H2,(H2,18,19). The molecule has 0 aromatic heterocycles. The van der Waals surface area contributed by atoms with Gasteiger partial charge in [0.05, 0.1) is 13.2 Å². The number of morpholine rings is 1. The number of hydrogen-bond acceptors (Lipinski definition) is 2. The quantitative estimate of drug-likeness (QED) is 0.657. The Labute approximate surface area is 124 Å². The summed E-state index contributed by atoms with van der Waals surface area (Å²) in [7, 11) is 0. The van der Waals surface area contributed by atoms with Crippen LogP contribution in [0.4, 0.5) is 5.69 Å². The van der Waals surface area contributed by atoms with Gasteiger partial charge in [0, 0.05) is 24.3 Å². The van der Waals surface area contributed by atoms with Gasteiger partial charge in [-0.05, 0) is 11.6 Å². The van der Waals surface area contributed by atoms with Crippen LogP contribution in [-0.4, -0.2) is 37.2 Å². The van der Waals surface area contributed by atoms with Crippen LogP contribution in [0.25, 0.3) is 11.1 Å². The highest BCUT2D eigenvalue weighted by Crippen LogP contribution is 2.27.